The first kappa shape index (κ1) is 26.0. The number of hydrogen-bond donors (Lipinski definition) is 6. The van der Waals surface area contributed by atoms with E-state index in [1.54, 1.807) is 11.8 Å². The number of aliphatic carboxylic acids is 1. The molecule has 0 aromatic rings. The molecule has 0 spiro atoms. The quantitative estimate of drug-likeness (QED) is 0.120. The summed E-state index contributed by atoms with van der Waals surface area (Å²) in [6, 6.07) is -2.70. The molecule has 0 aliphatic heterocycles. The number of nitrogens with zero attached hydrogens (tertiary/aromatic N) is 1. The maximum Gasteiger partial charge on any atom is 0.326 e. The van der Waals surface area contributed by atoms with Crippen molar-refractivity contribution < 1.29 is 19.5 Å². The second kappa shape index (κ2) is 14.1. The summed E-state index contributed by atoms with van der Waals surface area (Å²) < 4.78 is 0. The summed E-state index contributed by atoms with van der Waals surface area (Å²) in [7, 11) is 0. The lowest BCUT2D eigenvalue weighted by molar-refractivity contribution is -0.142. The van der Waals surface area contributed by atoms with E-state index in [1.165, 1.54) is 0 Å². The highest BCUT2D eigenvalue weighted by molar-refractivity contribution is 7.98. The van der Waals surface area contributed by atoms with Crippen LogP contribution in [-0.2, 0) is 14.4 Å². The van der Waals surface area contributed by atoms with Crippen LogP contribution >= 0.6 is 11.8 Å². The van der Waals surface area contributed by atoms with Gasteiger partial charge in [0.2, 0.25) is 11.8 Å². The molecule has 0 heterocycles. The number of nitrogens with two attached hydrogens (primary N) is 3. The molecule has 3 atom stereocenters. The molecule has 2 amide bonds. The van der Waals surface area contributed by atoms with Crippen LogP contribution in [0.1, 0.15) is 39.5 Å². The molecule has 28 heavy (non-hydrogen) atoms. The fourth-order valence-electron chi connectivity index (χ4n) is 2.39. The number of nitrogens with one attached hydrogen (secondary N) is 2. The van der Waals surface area contributed by atoms with Crippen LogP contribution in [0.15, 0.2) is 4.99 Å². The molecular formula is C17H34N6O4S. The standard InChI is InChI=1S/C17H34N6O4S/c1-10(2)9-13(16(26)27)23-15(25)12(5-4-7-21-17(19)20)22-14(24)11(18)6-8-28-3/h10-13H,4-9,18H2,1-3H3,(H,22,24)(H,23,25)(H,26,27)(H4,19,20,21). The first-order valence-corrected chi connectivity index (χ1v) is 10.6. The summed E-state index contributed by atoms with van der Waals surface area (Å²) in [6.07, 6.45) is 3.34. The van der Waals surface area contributed by atoms with Crippen LogP contribution in [-0.4, -0.2) is 65.5 Å². The third-order valence-corrected chi connectivity index (χ3v) is 4.51. The number of carbonyl (C=O) groups excluding carboxylic acids is 2. The van der Waals surface area contributed by atoms with Crippen molar-refractivity contribution in [3.63, 3.8) is 0 Å². The minimum atomic E-state index is -1.12. The Balaban J connectivity index is 5.06. The average Bonchev–Trinajstić information content (AvgIpc) is 2.60. The predicted molar refractivity (Wildman–Crippen MR) is 112 cm³/mol. The first-order chi connectivity index (χ1) is 13.1. The largest absolute Gasteiger partial charge is 0.480 e. The van der Waals surface area contributed by atoms with Gasteiger partial charge in [-0.3, -0.25) is 14.6 Å². The van der Waals surface area contributed by atoms with E-state index in [1.807, 2.05) is 20.1 Å². The van der Waals surface area contributed by atoms with Gasteiger partial charge in [0.05, 0.1) is 6.04 Å². The first-order valence-electron chi connectivity index (χ1n) is 9.21. The van der Waals surface area contributed by atoms with E-state index >= 15 is 0 Å². The van der Waals surface area contributed by atoms with Crippen LogP contribution in [0.25, 0.3) is 0 Å². The van der Waals surface area contributed by atoms with Crippen LogP contribution < -0.4 is 27.8 Å². The number of aliphatic imine (C=N–C) groups is 1. The van der Waals surface area contributed by atoms with E-state index in [9.17, 15) is 19.5 Å². The Kier molecular flexibility index (Phi) is 13.0. The Morgan fingerprint density at radius 3 is 2.18 bits per heavy atom. The Bertz CT molecular complexity index is 540. The van der Waals surface area contributed by atoms with Crippen molar-refractivity contribution in [3.8, 4) is 0 Å². The topological polar surface area (TPSA) is 186 Å². The Morgan fingerprint density at radius 2 is 1.68 bits per heavy atom. The normalized spacial score (nSPS) is 14.0. The minimum absolute atomic E-state index is 0.0630. The van der Waals surface area contributed by atoms with E-state index in [4.69, 9.17) is 17.2 Å². The van der Waals surface area contributed by atoms with Crippen molar-refractivity contribution >= 4 is 35.5 Å². The Morgan fingerprint density at radius 1 is 1.07 bits per heavy atom. The number of rotatable bonds is 14. The van der Waals surface area contributed by atoms with Crippen LogP contribution in [0, 0.1) is 5.92 Å². The number of carboxylic acids is 1. The fourth-order valence-corrected chi connectivity index (χ4v) is 2.88. The van der Waals surface area contributed by atoms with Gasteiger partial charge in [0, 0.05) is 6.54 Å². The molecule has 162 valence electrons. The molecule has 0 aromatic carbocycles. The molecule has 0 rings (SSSR count). The molecule has 0 fully saturated rings. The predicted octanol–water partition coefficient (Wildman–Crippen LogP) is -0.779. The lowest BCUT2D eigenvalue weighted by Crippen LogP contribution is -2.54. The number of guanidine groups is 1. The number of thioether (sulfide) groups is 1. The fraction of sp³-hybridized carbons (Fsp3) is 0.765. The minimum Gasteiger partial charge on any atom is -0.480 e. The van der Waals surface area contributed by atoms with E-state index in [0.717, 1.165) is 0 Å². The summed E-state index contributed by atoms with van der Waals surface area (Å²) in [5, 5.41) is 14.4. The SMILES string of the molecule is CSCCC(N)C(=O)NC(CCCN=C(N)N)C(=O)NC(CC(C)C)C(=O)O. The highest BCUT2D eigenvalue weighted by atomic mass is 32.2. The van der Waals surface area contributed by atoms with Crippen LogP contribution in [0.3, 0.4) is 0 Å². The van der Waals surface area contributed by atoms with Gasteiger partial charge < -0.3 is 32.9 Å². The van der Waals surface area contributed by atoms with E-state index in [0.29, 0.717) is 18.6 Å². The van der Waals surface area contributed by atoms with Crippen molar-refractivity contribution in [1.82, 2.24) is 10.6 Å². The Hall–Kier alpha value is -2.01. The van der Waals surface area contributed by atoms with Crippen LogP contribution in [0.2, 0.25) is 0 Å². The van der Waals surface area contributed by atoms with Gasteiger partial charge in [0.15, 0.2) is 5.96 Å². The van der Waals surface area contributed by atoms with Gasteiger partial charge in [0.25, 0.3) is 0 Å². The zero-order valence-corrected chi connectivity index (χ0v) is 17.6. The summed E-state index contributed by atoms with van der Waals surface area (Å²) >= 11 is 1.57. The molecular weight excluding hydrogens is 384 g/mol. The van der Waals surface area contributed by atoms with E-state index < -0.39 is 35.9 Å². The van der Waals surface area contributed by atoms with Crippen LogP contribution in [0.5, 0.6) is 0 Å². The molecule has 0 aliphatic carbocycles. The van der Waals surface area contributed by atoms with Crippen molar-refractivity contribution in [2.24, 2.45) is 28.1 Å². The third kappa shape index (κ3) is 11.7. The zero-order chi connectivity index (χ0) is 21.7. The number of carbonyl (C=O) groups is 3. The summed E-state index contributed by atoms with van der Waals surface area (Å²) in [5.41, 5.74) is 16.4. The smallest absolute Gasteiger partial charge is 0.326 e. The monoisotopic (exact) mass is 418 g/mol. The van der Waals surface area contributed by atoms with Gasteiger partial charge in [-0.25, -0.2) is 4.79 Å². The van der Waals surface area contributed by atoms with Crippen molar-refractivity contribution in [2.75, 3.05) is 18.6 Å². The maximum atomic E-state index is 12.6. The molecule has 10 nitrogen and oxygen atoms in total. The molecule has 0 saturated carbocycles. The highest BCUT2D eigenvalue weighted by Gasteiger charge is 2.28. The molecule has 0 saturated heterocycles. The molecule has 0 aromatic heterocycles. The maximum absolute atomic E-state index is 12.6. The van der Waals surface area contributed by atoms with Gasteiger partial charge in [0.1, 0.15) is 12.1 Å². The lowest BCUT2D eigenvalue weighted by atomic mass is 10.0. The second-order valence-corrected chi connectivity index (χ2v) is 7.91. The summed E-state index contributed by atoms with van der Waals surface area (Å²) in [5.74, 6) is -1.41. The highest BCUT2D eigenvalue weighted by Crippen LogP contribution is 2.07. The summed E-state index contributed by atoms with van der Waals surface area (Å²) in [6.45, 7) is 4.01. The number of amides is 2. The molecule has 0 bridgehead atoms. The van der Waals surface area contributed by atoms with Crippen molar-refractivity contribution in [2.45, 2.75) is 57.7 Å². The average molecular weight is 419 g/mol. The van der Waals surface area contributed by atoms with Gasteiger partial charge in [-0.1, -0.05) is 13.8 Å². The second-order valence-electron chi connectivity index (χ2n) is 6.93. The number of carboxylic acid groups (broad SMARTS) is 1. The van der Waals surface area contributed by atoms with Gasteiger partial charge >= 0.3 is 5.97 Å². The molecule has 3 unspecified atom stereocenters. The molecule has 9 N–H and O–H groups in total. The Labute approximate surface area is 170 Å². The third-order valence-electron chi connectivity index (χ3n) is 3.87. The summed E-state index contributed by atoms with van der Waals surface area (Å²) in [4.78, 5) is 40.2. The van der Waals surface area contributed by atoms with Gasteiger partial charge in [-0.2, -0.15) is 11.8 Å². The molecule has 11 heteroatoms. The molecule has 0 radical (unpaired) electrons. The van der Waals surface area contributed by atoms with Gasteiger partial charge in [-0.15, -0.1) is 0 Å². The lowest BCUT2D eigenvalue weighted by Gasteiger charge is -2.23. The van der Waals surface area contributed by atoms with Crippen LogP contribution in [0.4, 0.5) is 0 Å². The van der Waals surface area contributed by atoms with Gasteiger partial charge in [-0.05, 0) is 43.6 Å². The van der Waals surface area contributed by atoms with E-state index in [2.05, 4.69) is 15.6 Å². The van der Waals surface area contributed by atoms with Crippen molar-refractivity contribution in [1.29, 1.82) is 0 Å². The number of hydrogen-bond acceptors (Lipinski definition) is 6. The zero-order valence-electron chi connectivity index (χ0n) is 16.8. The van der Waals surface area contributed by atoms with Crippen molar-refractivity contribution in [3.05, 3.63) is 0 Å². The van der Waals surface area contributed by atoms with E-state index in [-0.39, 0.29) is 31.3 Å². The molecule has 0 aliphatic rings.